The van der Waals surface area contributed by atoms with Gasteiger partial charge in [-0.05, 0) is 54.9 Å². The third kappa shape index (κ3) is 5.24. The molecule has 1 aliphatic rings. The van der Waals surface area contributed by atoms with Crippen LogP contribution in [0.1, 0.15) is 60.4 Å². The first-order valence-electron chi connectivity index (χ1n) is 11.5. The number of nitrogens with two attached hydrogens (primary N) is 1. The summed E-state index contributed by atoms with van der Waals surface area (Å²) in [5.41, 5.74) is 7.63. The predicted molar refractivity (Wildman–Crippen MR) is 123 cm³/mol. The molecule has 6 nitrogen and oxygen atoms in total. The fraction of sp³-hybridized carbons (Fsp3) is 0.400. The topological polar surface area (TPSA) is 92.0 Å². The molecular formula is C25H28F3N5O. The number of likely N-dealkylation sites (tertiary alicyclic amines) is 1. The maximum absolute atomic E-state index is 13.9. The Morgan fingerprint density at radius 3 is 2.47 bits per heavy atom. The van der Waals surface area contributed by atoms with E-state index in [9.17, 15) is 13.2 Å². The Labute approximate surface area is 196 Å². The van der Waals surface area contributed by atoms with E-state index >= 15 is 0 Å². The van der Waals surface area contributed by atoms with E-state index in [0.717, 1.165) is 30.9 Å². The minimum atomic E-state index is -4.50. The number of hydrogen-bond acceptors (Lipinski definition) is 4. The van der Waals surface area contributed by atoms with Crippen LogP contribution in [0, 0.1) is 5.41 Å². The van der Waals surface area contributed by atoms with E-state index in [1.807, 2.05) is 24.3 Å². The van der Waals surface area contributed by atoms with Crippen LogP contribution in [0.15, 0.2) is 47.0 Å². The molecule has 4 rings (SSSR count). The zero-order valence-electron chi connectivity index (χ0n) is 19.0. The SMILES string of the molecule is CCCc1ccc(CCc2ccc(-c3noc([C@@H]4CCCN4C(=N)N)n3)cc2C(F)(F)F)cc1. The van der Waals surface area contributed by atoms with Gasteiger partial charge in [-0.2, -0.15) is 18.2 Å². The lowest BCUT2D eigenvalue weighted by atomic mass is 9.96. The number of guanidine groups is 1. The number of nitrogens with zero attached hydrogens (tertiary/aromatic N) is 3. The molecule has 0 aliphatic carbocycles. The highest BCUT2D eigenvalue weighted by molar-refractivity contribution is 5.75. The van der Waals surface area contributed by atoms with Crippen LogP contribution < -0.4 is 5.73 Å². The fourth-order valence-electron chi connectivity index (χ4n) is 4.44. The van der Waals surface area contributed by atoms with Crippen molar-refractivity contribution in [2.45, 2.75) is 57.7 Å². The van der Waals surface area contributed by atoms with E-state index in [-0.39, 0.29) is 41.3 Å². The molecule has 0 amide bonds. The molecule has 34 heavy (non-hydrogen) atoms. The molecule has 0 bridgehead atoms. The van der Waals surface area contributed by atoms with Gasteiger partial charge in [0.15, 0.2) is 5.96 Å². The fourth-order valence-corrected chi connectivity index (χ4v) is 4.44. The van der Waals surface area contributed by atoms with Gasteiger partial charge in [0, 0.05) is 12.1 Å². The third-order valence-corrected chi connectivity index (χ3v) is 6.21. The third-order valence-electron chi connectivity index (χ3n) is 6.21. The molecule has 2 heterocycles. The summed E-state index contributed by atoms with van der Waals surface area (Å²) in [7, 11) is 0. The van der Waals surface area contributed by atoms with Crippen LogP contribution >= 0.6 is 0 Å². The average molecular weight is 472 g/mol. The van der Waals surface area contributed by atoms with Gasteiger partial charge in [-0.1, -0.05) is 54.9 Å². The van der Waals surface area contributed by atoms with Gasteiger partial charge in [-0.25, -0.2) is 0 Å². The zero-order valence-corrected chi connectivity index (χ0v) is 19.0. The predicted octanol–water partition coefficient (Wildman–Crippen LogP) is 5.52. The van der Waals surface area contributed by atoms with Crippen molar-refractivity contribution in [2.24, 2.45) is 5.73 Å². The largest absolute Gasteiger partial charge is 0.416 e. The van der Waals surface area contributed by atoms with Crippen molar-refractivity contribution in [3.63, 3.8) is 0 Å². The number of benzene rings is 2. The molecule has 1 aliphatic heterocycles. The highest BCUT2D eigenvalue weighted by Gasteiger charge is 2.35. The summed E-state index contributed by atoms with van der Waals surface area (Å²) in [5.74, 6) is 0.256. The number of hydrogen-bond donors (Lipinski definition) is 2. The van der Waals surface area contributed by atoms with Crippen LogP contribution in [0.2, 0.25) is 0 Å². The smallest absolute Gasteiger partial charge is 0.370 e. The maximum atomic E-state index is 13.9. The second-order valence-corrected chi connectivity index (χ2v) is 8.63. The van der Waals surface area contributed by atoms with Crippen LogP contribution in [-0.2, 0) is 25.4 Å². The van der Waals surface area contributed by atoms with Gasteiger partial charge in [0.2, 0.25) is 11.7 Å². The van der Waals surface area contributed by atoms with Crippen LogP contribution in [0.3, 0.4) is 0 Å². The molecule has 0 saturated carbocycles. The summed E-state index contributed by atoms with van der Waals surface area (Å²) in [6, 6.07) is 11.9. The van der Waals surface area contributed by atoms with Crippen molar-refractivity contribution in [2.75, 3.05) is 6.54 Å². The lowest BCUT2D eigenvalue weighted by Gasteiger charge is -2.21. The highest BCUT2D eigenvalue weighted by atomic mass is 19.4. The molecule has 1 atom stereocenters. The first-order chi connectivity index (χ1) is 16.3. The number of alkyl halides is 3. The Hall–Kier alpha value is -3.36. The number of aromatic nitrogens is 2. The minimum absolute atomic E-state index is 0.0916. The van der Waals surface area contributed by atoms with Crippen molar-refractivity contribution < 1.29 is 17.7 Å². The molecular weight excluding hydrogens is 443 g/mol. The van der Waals surface area contributed by atoms with Crippen molar-refractivity contribution in [1.82, 2.24) is 15.0 Å². The molecule has 3 aromatic rings. The van der Waals surface area contributed by atoms with E-state index in [0.29, 0.717) is 19.4 Å². The minimum Gasteiger partial charge on any atom is -0.370 e. The van der Waals surface area contributed by atoms with Crippen LogP contribution in [-0.4, -0.2) is 27.5 Å². The Balaban J connectivity index is 1.54. The van der Waals surface area contributed by atoms with Gasteiger partial charge in [0.1, 0.15) is 6.04 Å². The van der Waals surface area contributed by atoms with E-state index in [1.54, 1.807) is 11.0 Å². The summed E-state index contributed by atoms with van der Waals surface area (Å²) in [6.07, 6.45) is -0.161. The van der Waals surface area contributed by atoms with Crippen molar-refractivity contribution in [3.05, 3.63) is 70.6 Å². The average Bonchev–Trinajstić information content (AvgIpc) is 3.48. The van der Waals surface area contributed by atoms with Gasteiger partial charge >= 0.3 is 6.18 Å². The van der Waals surface area contributed by atoms with Gasteiger partial charge < -0.3 is 15.2 Å². The van der Waals surface area contributed by atoms with Gasteiger partial charge in [0.05, 0.1) is 5.56 Å². The van der Waals surface area contributed by atoms with E-state index in [4.69, 9.17) is 15.7 Å². The van der Waals surface area contributed by atoms with Gasteiger partial charge in [0.25, 0.3) is 0 Å². The first-order valence-corrected chi connectivity index (χ1v) is 11.5. The van der Waals surface area contributed by atoms with E-state index in [2.05, 4.69) is 17.1 Å². The molecule has 1 saturated heterocycles. The molecule has 0 spiro atoms. The Morgan fingerprint density at radius 2 is 1.82 bits per heavy atom. The number of rotatable bonds is 7. The molecule has 3 N–H and O–H groups in total. The molecule has 0 radical (unpaired) electrons. The zero-order chi connectivity index (χ0) is 24.3. The van der Waals surface area contributed by atoms with Crippen LogP contribution in [0.25, 0.3) is 11.4 Å². The van der Waals surface area contributed by atoms with Crippen LogP contribution in [0.4, 0.5) is 13.2 Å². The van der Waals surface area contributed by atoms with Crippen molar-refractivity contribution in [3.8, 4) is 11.4 Å². The van der Waals surface area contributed by atoms with E-state index < -0.39 is 11.7 Å². The Bertz CT molecular complexity index is 1140. The standard InChI is InChI=1S/C25H28F3N5O/c1-2-4-16-6-8-17(9-7-16)10-11-18-12-13-19(15-20(18)25(26,27)28)22-31-23(34-32-22)21-5-3-14-33(21)24(29)30/h6-9,12-13,15,21H,2-5,10-11,14H2,1H3,(H3,29,30)/t21-/m0/s1. The molecule has 2 aromatic carbocycles. The molecule has 180 valence electrons. The van der Waals surface area contributed by atoms with Gasteiger partial charge in [-0.15, -0.1) is 0 Å². The first kappa shape index (κ1) is 23.8. The summed E-state index contributed by atoms with van der Waals surface area (Å²) in [5, 5.41) is 11.6. The van der Waals surface area contributed by atoms with Gasteiger partial charge in [-0.3, -0.25) is 5.41 Å². The molecule has 0 unspecified atom stereocenters. The quantitative estimate of drug-likeness (QED) is 0.350. The molecule has 1 fully saturated rings. The normalized spacial score (nSPS) is 16.2. The summed E-state index contributed by atoms with van der Waals surface area (Å²) in [6.45, 7) is 2.72. The summed E-state index contributed by atoms with van der Waals surface area (Å²) in [4.78, 5) is 5.97. The number of halogens is 3. The van der Waals surface area contributed by atoms with Crippen LogP contribution in [0.5, 0.6) is 0 Å². The van der Waals surface area contributed by atoms with E-state index in [1.165, 1.54) is 11.6 Å². The molecule has 1 aromatic heterocycles. The lowest BCUT2D eigenvalue weighted by molar-refractivity contribution is -0.138. The number of nitrogens with one attached hydrogen (secondary N) is 1. The molecule has 9 heteroatoms. The lowest BCUT2D eigenvalue weighted by Crippen LogP contribution is -2.35. The maximum Gasteiger partial charge on any atom is 0.416 e. The second kappa shape index (κ2) is 9.87. The van der Waals surface area contributed by atoms with Crippen molar-refractivity contribution >= 4 is 5.96 Å². The monoisotopic (exact) mass is 471 g/mol. The summed E-state index contributed by atoms with van der Waals surface area (Å²) >= 11 is 0. The van der Waals surface area contributed by atoms with Crippen molar-refractivity contribution in [1.29, 1.82) is 5.41 Å². The highest BCUT2D eigenvalue weighted by Crippen LogP contribution is 2.36. The summed E-state index contributed by atoms with van der Waals surface area (Å²) < 4.78 is 47.0. The Morgan fingerprint density at radius 1 is 1.12 bits per heavy atom. The number of aryl methyl sites for hydroxylation is 3. The Kier molecular flexibility index (Phi) is 6.90. The second-order valence-electron chi connectivity index (χ2n) is 8.63.